The predicted octanol–water partition coefficient (Wildman–Crippen LogP) is 1.80. The number of tetrazole rings is 1. The number of benzene rings is 2. The Hall–Kier alpha value is -4.34. The monoisotopic (exact) mass is 414 g/mol. The zero-order valence-electron chi connectivity index (χ0n) is 16.3. The van der Waals surface area contributed by atoms with Gasteiger partial charge in [0, 0.05) is 11.5 Å². The maximum absolute atomic E-state index is 12.8. The summed E-state index contributed by atoms with van der Waals surface area (Å²) < 4.78 is 3.28. The van der Waals surface area contributed by atoms with Gasteiger partial charge in [-0.1, -0.05) is 18.2 Å². The van der Waals surface area contributed by atoms with Crippen molar-refractivity contribution in [3.05, 3.63) is 83.9 Å². The van der Waals surface area contributed by atoms with Crippen molar-refractivity contribution in [1.29, 1.82) is 0 Å². The standard InChI is InChI=1S/C21H18N8O2/c30-20(15-8-10-16(11-9-15)28-13-22-26-27-28)24-25-21(31)18-12-23-29(19(18)14-6-7-14)17-4-2-1-3-5-17/h1-5,8-14H,6-7H2,(H,24,30)(H,25,31). The van der Waals surface area contributed by atoms with Crippen LogP contribution in [-0.2, 0) is 0 Å². The molecule has 0 radical (unpaired) electrons. The van der Waals surface area contributed by atoms with Crippen LogP contribution in [0.4, 0.5) is 0 Å². The van der Waals surface area contributed by atoms with E-state index in [2.05, 4.69) is 31.5 Å². The normalized spacial score (nSPS) is 13.0. The Labute approximate surface area is 176 Å². The van der Waals surface area contributed by atoms with Crippen LogP contribution in [0, 0.1) is 0 Å². The first-order valence-electron chi connectivity index (χ1n) is 9.78. The first kappa shape index (κ1) is 18.7. The van der Waals surface area contributed by atoms with Crippen LogP contribution >= 0.6 is 0 Å². The number of hydrazine groups is 1. The molecule has 31 heavy (non-hydrogen) atoms. The zero-order valence-corrected chi connectivity index (χ0v) is 16.3. The number of carbonyl (C=O) groups is 2. The maximum atomic E-state index is 12.8. The Morgan fingerprint density at radius 2 is 1.65 bits per heavy atom. The molecule has 2 heterocycles. The van der Waals surface area contributed by atoms with Crippen LogP contribution in [0.15, 0.2) is 67.1 Å². The fourth-order valence-electron chi connectivity index (χ4n) is 3.36. The first-order chi connectivity index (χ1) is 15.2. The first-order valence-corrected chi connectivity index (χ1v) is 9.78. The third-order valence-electron chi connectivity index (χ3n) is 5.05. The summed E-state index contributed by atoms with van der Waals surface area (Å²) in [5.74, 6) is -0.541. The van der Waals surface area contributed by atoms with Gasteiger partial charge in [-0.25, -0.2) is 9.36 Å². The van der Waals surface area contributed by atoms with E-state index in [-0.39, 0.29) is 5.92 Å². The summed E-state index contributed by atoms with van der Waals surface area (Å²) in [6.07, 6.45) is 5.03. The average molecular weight is 414 g/mol. The Morgan fingerprint density at radius 1 is 0.903 bits per heavy atom. The van der Waals surface area contributed by atoms with Crippen molar-refractivity contribution in [2.45, 2.75) is 18.8 Å². The lowest BCUT2D eigenvalue weighted by atomic mass is 10.1. The Balaban J connectivity index is 1.29. The minimum Gasteiger partial charge on any atom is -0.267 e. The maximum Gasteiger partial charge on any atom is 0.273 e. The van der Waals surface area contributed by atoms with Crippen molar-refractivity contribution in [2.75, 3.05) is 0 Å². The predicted molar refractivity (Wildman–Crippen MR) is 110 cm³/mol. The van der Waals surface area contributed by atoms with Gasteiger partial charge in [0.25, 0.3) is 11.8 Å². The molecular weight excluding hydrogens is 396 g/mol. The molecule has 10 nitrogen and oxygen atoms in total. The van der Waals surface area contributed by atoms with Gasteiger partial charge in [-0.2, -0.15) is 5.10 Å². The fraction of sp³-hybridized carbons (Fsp3) is 0.143. The van der Waals surface area contributed by atoms with Crippen molar-refractivity contribution < 1.29 is 9.59 Å². The van der Waals surface area contributed by atoms with E-state index < -0.39 is 11.8 Å². The van der Waals surface area contributed by atoms with Crippen LogP contribution in [0.1, 0.15) is 45.2 Å². The highest BCUT2D eigenvalue weighted by molar-refractivity contribution is 5.99. The molecule has 10 heteroatoms. The van der Waals surface area contributed by atoms with Gasteiger partial charge in [0.05, 0.1) is 28.8 Å². The molecule has 2 N–H and O–H groups in total. The molecule has 0 spiro atoms. The summed E-state index contributed by atoms with van der Waals surface area (Å²) in [5, 5.41) is 15.4. The summed E-state index contributed by atoms with van der Waals surface area (Å²) >= 11 is 0. The second kappa shape index (κ2) is 7.82. The SMILES string of the molecule is O=C(NNC(=O)c1cnn(-c2ccccc2)c1C1CC1)c1ccc(-n2cnnn2)cc1. The van der Waals surface area contributed by atoms with E-state index in [1.807, 2.05) is 30.3 Å². The van der Waals surface area contributed by atoms with Gasteiger partial charge in [-0.3, -0.25) is 20.4 Å². The summed E-state index contributed by atoms with van der Waals surface area (Å²) in [5.41, 5.74) is 8.29. The molecule has 0 aliphatic heterocycles. The van der Waals surface area contributed by atoms with Crippen LogP contribution in [0.5, 0.6) is 0 Å². The van der Waals surface area contributed by atoms with E-state index in [9.17, 15) is 9.59 Å². The van der Waals surface area contributed by atoms with Crippen LogP contribution in [0.2, 0.25) is 0 Å². The second-order valence-electron chi connectivity index (χ2n) is 7.17. The van der Waals surface area contributed by atoms with Crippen molar-refractivity contribution in [3.63, 3.8) is 0 Å². The summed E-state index contributed by atoms with van der Waals surface area (Å²) in [4.78, 5) is 25.2. The number of nitrogens with one attached hydrogen (secondary N) is 2. The van der Waals surface area contributed by atoms with E-state index in [1.54, 1.807) is 35.1 Å². The molecular formula is C21H18N8O2. The summed E-state index contributed by atoms with van der Waals surface area (Å²) in [6.45, 7) is 0. The topological polar surface area (TPSA) is 120 Å². The van der Waals surface area contributed by atoms with Crippen molar-refractivity contribution in [3.8, 4) is 11.4 Å². The molecule has 1 aliphatic rings. The summed E-state index contributed by atoms with van der Waals surface area (Å²) in [6, 6.07) is 16.4. The minimum atomic E-state index is -0.431. The van der Waals surface area contributed by atoms with E-state index >= 15 is 0 Å². The lowest BCUT2D eigenvalue weighted by Crippen LogP contribution is -2.41. The molecule has 1 saturated carbocycles. The Kier molecular flexibility index (Phi) is 4.71. The molecule has 0 saturated heterocycles. The Bertz CT molecular complexity index is 1210. The van der Waals surface area contributed by atoms with E-state index in [1.165, 1.54) is 11.0 Å². The lowest BCUT2D eigenvalue weighted by Gasteiger charge is -2.10. The van der Waals surface area contributed by atoms with Gasteiger partial charge in [-0.05, 0) is 59.7 Å². The largest absolute Gasteiger partial charge is 0.273 e. The molecule has 2 aromatic carbocycles. The summed E-state index contributed by atoms with van der Waals surface area (Å²) in [7, 11) is 0. The Morgan fingerprint density at radius 3 is 2.32 bits per heavy atom. The number of hydrogen-bond donors (Lipinski definition) is 2. The molecule has 0 unspecified atom stereocenters. The molecule has 4 aromatic rings. The smallest absolute Gasteiger partial charge is 0.267 e. The molecule has 1 aliphatic carbocycles. The van der Waals surface area contributed by atoms with E-state index in [4.69, 9.17) is 0 Å². The van der Waals surface area contributed by atoms with Crippen molar-refractivity contribution >= 4 is 11.8 Å². The second-order valence-corrected chi connectivity index (χ2v) is 7.17. The molecule has 2 aromatic heterocycles. The highest BCUT2D eigenvalue weighted by atomic mass is 16.2. The van der Waals surface area contributed by atoms with Crippen molar-refractivity contribution in [1.82, 2.24) is 40.8 Å². The number of carbonyl (C=O) groups excluding carboxylic acids is 2. The number of amides is 2. The molecule has 5 rings (SSSR count). The molecule has 1 fully saturated rings. The molecule has 2 amide bonds. The third kappa shape index (κ3) is 3.78. The lowest BCUT2D eigenvalue weighted by molar-refractivity contribution is 0.0846. The van der Waals surface area contributed by atoms with Crippen LogP contribution in [-0.4, -0.2) is 41.8 Å². The number of nitrogens with zero attached hydrogens (tertiary/aromatic N) is 6. The number of para-hydroxylation sites is 1. The fourth-order valence-corrected chi connectivity index (χ4v) is 3.36. The number of hydrogen-bond acceptors (Lipinski definition) is 6. The van der Waals surface area contributed by atoms with Crippen LogP contribution in [0.3, 0.4) is 0 Å². The highest BCUT2D eigenvalue weighted by Gasteiger charge is 2.33. The minimum absolute atomic E-state index is 0.290. The molecule has 0 atom stereocenters. The van der Waals surface area contributed by atoms with Gasteiger partial charge in [-0.15, -0.1) is 5.10 Å². The van der Waals surface area contributed by atoms with Gasteiger partial charge in [0.2, 0.25) is 0 Å². The van der Waals surface area contributed by atoms with Gasteiger partial charge in [0.1, 0.15) is 6.33 Å². The molecule has 154 valence electrons. The zero-order chi connectivity index (χ0) is 21.2. The average Bonchev–Trinajstić information content (AvgIpc) is 3.32. The quantitative estimate of drug-likeness (QED) is 0.481. The van der Waals surface area contributed by atoms with E-state index in [0.717, 1.165) is 24.2 Å². The van der Waals surface area contributed by atoms with E-state index in [0.29, 0.717) is 16.8 Å². The van der Waals surface area contributed by atoms with Crippen LogP contribution in [0.25, 0.3) is 11.4 Å². The molecule has 0 bridgehead atoms. The van der Waals surface area contributed by atoms with Crippen molar-refractivity contribution in [2.24, 2.45) is 0 Å². The number of rotatable bonds is 5. The highest BCUT2D eigenvalue weighted by Crippen LogP contribution is 2.42. The third-order valence-corrected chi connectivity index (χ3v) is 5.05. The van der Waals surface area contributed by atoms with Gasteiger partial charge >= 0.3 is 0 Å². The number of aromatic nitrogens is 6. The van der Waals surface area contributed by atoms with Gasteiger partial charge in [0.15, 0.2) is 0 Å². The van der Waals surface area contributed by atoms with Gasteiger partial charge < -0.3 is 0 Å². The van der Waals surface area contributed by atoms with Crippen LogP contribution < -0.4 is 10.9 Å².